The number of sulfonamides is 1. The molecule has 1 fully saturated rings. The lowest BCUT2D eigenvalue weighted by molar-refractivity contribution is 0.0735. The van der Waals surface area contributed by atoms with Crippen LogP contribution in [0.25, 0.3) is 0 Å². The third kappa shape index (κ3) is 3.13. The summed E-state index contributed by atoms with van der Waals surface area (Å²) in [4.78, 5) is 13.8. The average Bonchev–Trinajstić information content (AvgIpc) is 2.90. The van der Waals surface area contributed by atoms with Gasteiger partial charge in [-0.2, -0.15) is 0 Å². The van der Waals surface area contributed by atoms with E-state index in [0.717, 1.165) is 25.7 Å². The van der Waals surface area contributed by atoms with Gasteiger partial charge in [-0.3, -0.25) is 4.79 Å². The van der Waals surface area contributed by atoms with Crippen molar-refractivity contribution in [3.05, 3.63) is 28.8 Å². The molecule has 1 amide bonds. The minimum Gasteiger partial charge on any atom is -0.339 e. The molecule has 0 bridgehead atoms. The smallest absolute Gasteiger partial charge is 0.253 e. The fraction of sp³-hybridized carbons (Fsp3) is 0.462. The number of rotatable bonds is 3. The molecule has 2 N–H and O–H groups in total. The first kappa shape index (κ1) is 15.3. The lowest BCUT2D eigenvalue weighted by atomic mass is 10.1. The Bertz CT molecular complexity index is 625. The fourth-order valence-electron chi connectivity index (χ4n) is 2.52. The Morgan fingerprint density at radius 3 is 2.50 bits per heavy atom. The summed E-state index contributed by atoms with van der Waals surface area (Å²) in [6, 6.07) is 4.36. The van der Waals surface area contributed by atoms with E-state index in [1.54, 1.807) is 11.9 Å². The zero-order valence-corrected chi connectivity index (χ0v) is 12.7. The van der Waals surface area contributed by atoms with Gasteiger partial charge in [-0.25, -0.2) is 13.6 Å². The number of nitrogens with zero attached hydrogens (tertiary/aromatic N) is 1. The second kappa shape index (κ2) is 5.71. The molecule has 1 aromatic rings. The summed E-state index contributed by atoms with van der Waals surface area (Å²) in [5.74, 6) is -0.210. The van der Waals surface area contributed by atoms with E-state index < -0.39 is 10.0 Å². The Hall–Kier alpha value is -1.11. The minimum absolute atomic E-state index is 0.0209. The fourth-order valence-corrected chi connectivity index (χ4v) is 3.59. The third-order valence-corrected chi connectivity index (χ3v) is 5.07. The Balaban J connectivity index is 2.31. The Morgan fingerprint density at radius 1 is 1.35 bits per heavy atom. The van der Waals surface area contributed by atoms with Crippen LogP contribution in [-0.4, -0.2) is 32.3 Å². The molecular weight excluding hydrogens is 300 g/mol. The quantitative estimate of drug-likeness (QED) is 0.926. The summed E-state index contributed by atoms with van der Waals surface area (Å²) >= 11 is 5.81. The Labute approximate surface area is 123 Å². The van der Waals surface area contributed by atoms with Gasteiger partial charge in [0, 0.05) is 18.7 Å². The molecule has 1 aliphatic rings. The monoisotopic (exact) mass is 316 g/mol. The lowest BCUT2D eigenvalue weighted by Gasteiger charge is -2.24. The van der Waals surface area contributed by atoms with Crippen LogP contribution in [0.5, 0.6) is 0 Å². The molecule has 0 saturated heterocycles. The molecule has 5 nitrogen and oxygen atoms in total. The Kier molecular flexibility index (Phi) is 4.36. The predicted molar refractivity (Wildman–Crippen MR) is 77.2 cm³/mol. The zero-order chi connectivity index (χ0) is 14.9. The molecule has 1 saturated carbocycles. The second-order valence-corrected chi connectivity index (χ2v) is 6.98. The van der Waals surface area contributed by atoms with Gasteiger partial charge in [0.05, 0.1) is 5.02 Å². The highest BCUT2D eigenvalue weighted by atomic mass is 35.5. The largest absolute Gasteiger partial charge is 0.339 e. The first-order valence-electron chi connectivity index (χ1n) is 6.40. The molecule has 110 valence electrons. The van der Waals surface area contributed by atoms with E-state index in [0.29, 0.717) is 0 Å². The molecule has 0 unspecified atom stereocenters. The van der Waals surface area contributed by atoms with Gasteiger partial charge in [0.25, 0.3) is 5.91 Å². The number of carbonyl (C=O) groups is 1. The molecule has 0 aromatic heterocycles. The molecule has 20 heavy (non-hydrogen) atoms. The number of amides is 1. The van der Waals surface area contributed by atoms with Crippen molar-refractivity contribution in [3.63, 3.8) is 0 Å². The first-order chi connectivity index (χ1) is 9.30. The van der Waals surface area contributed by atoms with Crippen LogP contribution in [0, 0.1) is 0 Å². The summed E-state index contributed by atoms with van der Waals surface area (Å²) in [6.07, 6.45) is 4.20. The average molecular weight is 317 g/mol. The van der Waals surface area contributed by atoms with Crippen LogP contribution >= 0.6 is 11.6 Å². The van der Waals surface area contributed by atoms with Gasteiger partial charge in [0.2, 0.25) is 10.0 Å². The highest BCUT2D eigenvalue weighted by Gasteiger charge is 2.25. The normalized spacial score (nSPS) is 16.4. The van der Waals surface area contributed by atoms with E-state index in [1.807, 2.05) is 0 Å². The van der Waals surface area contributed by atoms with Gasteiger partial charge in [-0.15, -0.1) is 0 Å². The maximum Gasteiger partial charge on any atom is 0.253 e. The van der Waals surface area contributed by atoms with Crippen molar-refractivity contribution in [1.29, 1.82) is 0 Å². The van der Waals surface area contributed by atoms with Crippen molar-refractivity contribution >= 4 is 27.5 Å². The molecule has 7 heteroatoms. The topological polar surface area (TPSA) is 80.5 Å². The van der Waals surface area contributed by atoms with Gasteiger partial charge in [0.1, 0.15) is 4.90 Å². The van der Waals surface area contributed by atoms with E-state index in [4.69, 9.17) is 16.7 Å². The van der Waals surface area contributed by atoms with Gasteiger partial charge in [0.15, 0.2) is 0 Å². The van der Waals surface area contributed by atoms with Gasteiger partial charge < -0.3 is 4.90 Å². The summed E-state index contributed by atoms with van der Waals surface area (Å²) in [5.41, 5.74) is 0.285. The van der Waals surface area contributed by atoms with Gasteiger partial charge >= 0.3 is 0 Å². The Morgan fingerprint density at radius 2 is 1.95 bits per heavy atom. The number of halogens is 1. The molecule has 1 aliphatic carbocycles. The van der Waals surface area contributed by atoms with Crippen LogP contribution < -0.4 is 5.14 Å². The number of hydrogen-bond donors (Lipinski definition) is 1. The molecule has 1 aromatic carbocycles. The van der Waals surface area contributed by atoms with Crippen LogP contribution in [0.4, 0.5) is 0 Å². The maximum atomic E-state index is 12.4. The van der Waals surface area contributed by atoms with Crippen LogP contribution in [0.2, 0.25) is 5.02 Å². The van der Waals surface area contributed by atoms with E-state index in [-0.39, 0.29) is 27.4 Å². The van der Waals surface area contributed by atoms with Crippen molar-refractivity contribution < 1.29 is 13.2 Å². The van der Waals surface area contributed by atoms with Gasteiger partial charge in [-0.1, -0.05) is 24.4 Å². The number of primary sulfonamides is 1. The molecular formula is C13H17ClN2O3S. The molecule has 0 radical (unpaired) electrons. The summed E-state index contributed by atoms with van der Waals surface area (Å²) in [7, 11) is -2.20. The summed E-state index contributed by atoms with van der Waals surface area (Å²) in [6.45, 7) is 0. The number of carbonyl (C=O) groups excluding carboxylic acids is 1. The third-order valence-electron chi connectivity index (χ3n) is 3.68. The molecule has 0 heterocycles. The van der Waals surface area contributed by atoms with Crippen LogP contribution in [0.3, 0.4) is 0 Å². The summed E-state index contributed by atoms with van der Waals surface area (Å²) < 4.78 is 22.8. The lowest BCUT2D eigenvalue weighted by Crippen LogP contribution is -2.35. The zero-order valence-electron chi connectivity index (χ0n) is 11.2. The molecule has 0 atom stereocenters. The number of benzene rings is 1. The molecule has 0 spiro atoms. The SMILES string of the molecule is CN(C(=O)c1ccc(Cl)c(S(N)(=O)=O)c1)C1CCCC1. The highest BCUT2D eigenvalue weighted by molar-refractivity contribution is 7.89. The van der Waals surface area contributed by atoms with Crippen molar-refractivity contribution in [3.8, 4) is 0 Å². The number of hydrogen-bond acceptors (Lipinski definition) is 3. The van der Waals surface area contributed by atoms with E-state index in [9.17, 15) is 13.2 Å². The van der Waals surface area contributed by atoms with E-state index >= 15 is 0 Å². The van der Waals surface area contributed by atoms with E-state index in [2.05, 4.69) is 0 Å². The first-order valence-corrected chi connectivity index (χ1v) is 8.32. The van der Waals surface area contributed by atoms with Crippen LogP contribution in [0.15, 0.2) is 23.1 Å². The summed E-state index contributed by atoms with van der Waals surface area (Å²) in [5, 5.41) is 5.11. The van der Waals surface area contributed by atoms with E-state index in [1.165, 1.54) is 18.2 Å². The van der Waals surface area contributed by atoms with Crippen molar-refractivity contribution in [2.45, 2.75) is 36.6 Å². The molecule has 2 rings (SSSR count). The van der Waals surface area contributed by atoms with Crippen LogP contribution in [-0.2, 0) is 10.0 Å². The van der Waals surface area contributed by atoms with Crippen molar-refractivity contribution in [2.75, 3.05) is 7.05 Å². The number of nitrogens with two attached hydrogens (primary N) is 1. The minimum atomic E-state index is -3.94. The highest BCUT2D eigenvalue weighted by Crippen LogP contribution is 2.26. The van der Waals surface area contributed by atoms with Crippen molar-refractivity contribution in [2.24, 2.45) is 5.14 Å². The predicted octanol–water partition coefficient (Wildman–Crippen LogP) is 2.00. The van der Waals surface area contributed by atoms with Gasteiger partial charge in [-0.05, 0) is 31.0 Å². The molecule has 0 aliphatic heterocycles. The maximum absolute atomic E-state index is 12.4. The van der Waals surface area contributed by atoms with Crippen molar-refractivity contribution in [1.82, 2.24) is 4.90 Å². The second-order valence-electron chi connectivity index (χ2n) is 5.04. The van der Waals surface area contributed by atoms with Crippen LogP contribution in [0.1, 0.15) is 36.0 Å². The standard InChI is InChI=1S/C13H17ClN2O3S/c1-16(10-4-2-3-5-10)13(17)9-6-7-11(14)12(8-9)20(15,18)19/h6-8,10H,2-5H2,1H3,(H2,15,18,19).